The van der Waals surface area contributed by atoms with Crippen LogP contribution >= 0.6 is 0 Å². The van der Waals surface area contributed by atoms with E-state index in [-0.39, 0.29) is 13.0 Å². The van der Waals surface area contributed by atoms with E-state index in [1.54, 1.807) is 12.1 Å². The number of piperidine rings is 1. The molecule has 2 aromatic heterocycles. The van der Waals surface area contributed by atoms with Gasteiger partial charge in [-0.05, 0) is 25.0 Å². The van der Waals surface area contributed by atoms with E-state index in [1.165, 1.54) is 28.4 Å². The molecule has 2 aromatic rings. The Morgan fingerprint density at radius 1 is 1.33 bits per heavy atom. The molecule has 0 saturated carbocycles. The number of aromatic nitrogens is 4. The van der Waals surface area contributed by atoms with Crippen molar-refractivity contribution in [2.24, 2.45) is 5.92 Å². The van der Waals surface area contributed by atoms with Crippen LogP contribution in [0.15, 0.2) is 31.0 Å². The van der Waals surface area contributed by atoms with Crippen LogP contribution in [0.5, 0.6) is 0 Å². The quantitative estimate of drug-likeness (QED) is 0.911. The number of carbonyl (C=O) groups excluding carboxylic acids is 1. The molecule has 1 atom stereocenters. The molecule has 7 nitrogen and oxygen atoms in total. The number of hydrogen-bond acceptors (Lipinski definition) is 4. The Labute approximate surface area is 135 Å². The highest BCUT2D eigenvalue weighted by molar-refractivity contribution is 5.89. The Balaban J connectivity index is 1.62. The number of rotatable bonds is 2. The minimum absolute atomic E-state index is 0.0570. The monoisotopic (exact) mass is 340 g/mol. The lowest BCUT2D eigenvalue weighted by Gasteiger charge is -2.33. The number of alkyl halides is 3. The normalized spacial score (nSPS) is 18.5. The molecule has 3 heterocycles. The van der Waals surface area contributed by atoms with Gasteiger partial charge in [0.2, 0.25) is 0 Å². The molecule has 3 rings (SSSR count). The van der Waals surface area contributed by atoms with Crippen molar-refractivity contribution >= 4 is 11.7 Å². The Kier molecular flexibility index (Phi) is 4.36. The Morgan fingerprint density at radius 2 is 2.17 bits per heavy atom. The summed E-state index contributed by atoms with van der Waals surface area (Å²) in [7, 11) is 0. The van der Waals surface area contributed by atoms with Gasteiger partial charge in [0.15, 0.2) is 5.82 Å². The summed E-state index contributed by atoms with van der Waals surface area (Å²) < 4.78 is 39.9. The van der Waals surface area contributed by atoms with Crippen LogP contribution in [0.25, 0.3) is 5.82 Å². The highest BCUT2D eigenvalue weighted by atomic mass is 19.4. The van der Waals surface area contributed by atoms with Gasteiger partial charge in [-0.2, -0.15) is 18.3 Å². The maximum atomic E-state index is 12.8. The first-order valence-electron chi connectivity index (χ1n) is 7.37. The molecule has 2 amide bonds. The molecule has 10 heteroatoms. The Bertz CT molecular complexity index is 686. The molecule has 0 radical (unpaired) electrons. The SMILES string of the molecule is O=C(Nc1ccc(-n2cncn2)nc1)N1CCC[C@@H](C(F)(F)F)C1. The first-order chi connectivity index (χ1) is 11.4. The number of likely N-dealkylation sites (tertiary alicyclic amines) is 1. The lowest BCUT2D eigenvalue weighted by molar-refractivity contribution is -0.183. The number of carbonyl (C=O) groups is 1. The molecular formula is C14H15F3N6O. The lowest BCUT2D eigenvalue weighted by Crippen LogP contribution is -2.46. The lowest BCUT2D eigenvalue weighted by atomic mass is 9.98. The van der Waals surface area contributed by atoms with Gasteiger partial charge < -0.3 is 10.2 Å². The van der Waals surface area contributed by atoms with Gasteiger partial charge in [0.05, 0.1) is 17.8 Å². The van der Waals surface area contributed by atoms with E-state index in [1.807, 2.05) is 0 Å². The summed E-state index contributed by atoms with van der Waals surface area (Å²) in [6.45, 7) is -0.0112. The number of nitrogens with one attached hydrogen (secondary N) is 1. The van der Waals surface area contributed by atoms with Crippen LogP contribution in [-0.4, -0.2) is 49.9 Å². The number of pyridine rings is 1. The van der Waals surface area contributed by atoms with Crippen molar-refractivity contribution in [3.05, 3.63) is 31.0 Å². The second-order valence-corrected chi connectivity index (χ2v) is 5.50. The Morgan fingerprint density at radius 3 is 2.79 bits per heavy atom. The van der Waals surface area contributed by atoms with Gasteiger partial charge in [-0.3, -0.25) is 0 Å². The zero-order valence-corrected chi connectivity index (χ0v) is 12.6. The van der Waals surface area contributed by atoms with Crippen molar-refractivity contribution in [3.63, 3.8) is 0 Å². The summed E-state index contributed by atoms with van der Waals surface area (Å²) in [6, 6.07) is 2.67. The number of halogens is 3. The van der Waals surface area contributed by atoms with Crippen molar-refractivity contribution in [2.45, 2.75) is 19.0 Å². The maximum absolute atomic E-state index is 12.8. The number of urea groups is 1. The van der Waals surface area contributed by atoms with E-state index >= 15 is 0 Å². The van der Waals surface area contributed by atoms with Crippen molar-refractivity contribution < 1.29 is 18.0 Å². The summed E-state index contributed by atoms with van der Waals surface area (Å²) in [6.07, 6.45) is 0.374. The predicted molar refractivity (Wildman–Crippen MR) is 78.5 cm³/mol. The standard InChI is InChI=1S/C14H15F3N6O/c15-14(16,17)10-2-1-5-22(7-10)13(24)21-11-3-4-12(19-6-11)23-9-18-8-20-23/h3-4,6,8-10H,1-2,5,7H2,(H,21,24)/t10-/m1/s1. The van der Waals surface area contributed by atoms with Crippen molar-refractivity contribution in [3.8, 4) is 5.82 Å². The summed E-state index contributed by atoms with van der Waals surface area (Å²) >= 11 is 0. The van der Waals surface area contributed by atoms with Gasteiger partial charge in [-0.1, -0.05) is 0 Å². The van der Waals surface area contributed by atoms with Crippen LogP contribution < -0.4 is 5.32 Å². The molecular weight excluding hydrogens is 325 g/mol. The highest BCUT2D eigenvalue weighted by Crippen LogP contribution is 2.33. The number of amides is 2. The molecule has 24 heavy (non-hydrogen) atoms. The van der Waals surface area contributed by atoms with Crippen LogP contribution in [0.2, 0.25) is 0 Å². The van der Waals surface area contributed by atoms with E-state index in [2.05, 4.69) is 20.4 Å². The van der Waals surface area contributed by atoms with Gasteiger partial charge in [-0.15, -0.1) is 0 Å². The topological polar surface area (TPSA) is 75.9 Å². The zero-order chi connectivity index (χ0) is 17.2. The summed E-state index contributed by atoms with van der Waals surface area (Å²) in [5.74, 6) is -0.953. The van der Waals surface area contributed by atoms with E-state index in [4.69, 9.17) is 0 Å². The fourth-order valence-electron chi connectivity index (χ4n) is 2.55. The number of anilines is 1. The van der Waals surface area contributed by atoms with Crippen LogP contribution in [0.3, 0.4) is 0 Å². The maximum Gasteiger partial charge on any atom is 0.393 e. The first-order valence-corrected chi connectivity index (χ1v) is 7.37. The third kappa shape index (κ3) is 3.63. The third-order valence-electron chi connectivity index (χ3n) is 3.82. The van der Waals surface area contributed by atoms with E-state index in [0.29, 0.717) is 24.5 Å². The van der Waals surface area contributed by atoms with Gasteiger partial charge >= 0.3 is 12.2 Å². The largest absolute Gasteiger partial charge is 0.393 e. The molecule has 1 aliphatic heterocycles. The third-order valence-corrected chi connectivity index (χ3v) is 3.82. The molecule has 1 fully saturated rings. The summed E-state index contributed by atoms with van der Waals surface area (Å²) in [5, 5.41) is 6.49. The first kappa shape index (κ1) is 16.2. The second kappa shape index (κ2) is 6.46. The average molecular weight is 340 g/mol. The van der Waals surface area contributed by atoms with E-state index in [9.17, 15) is 18.0 Å². The molecule has 0 spiro atoms. The van der Waals surface area contributed by atoms with Crippen LogP contribution in [0, 0.1) is 5.92 Å². The van der Waals surface area contributed by atoms with Crippen molar-refractivity contribution in [1.29, 1.82) is 0 Å². The van der Waals surface area contributed by atoms with Gasteiger partial charge in [0, 0.05) is 13.1 Å². The van der Waals surface area contributed by atoms with Crippen LogP contribution in [0.4, 0.5) is 23.7 Å². The average Bonchev–Trinajstić information content (AvgIpc) is 3.09. The fraction of sp³-hybridized carbons (Fsp3) is 0.429. The number of hydrogen-bond donors (Lipinski definition) is 1. The van der Waals surface area contributed by atoms with E-state index in [0.717, 1.165) is 0 Å². The molecule has 1 saturated heterocycles. The highest BCUT2D eigenvalue weighted by Gasteiger charge is 2.42. The van der Waals surface area contributed by atoms with E-state index < -0.39 is 18.1 Å². The second-order valence-electron chi connectivity index (χ2n) is 5.50. The fourth-order valence-corrected chi connectivity index (χ4v) is 2.55. The minimum Gasteiger partial charge on any atom is -0.324 e. The van der Waals surface area contributed by atoms with Crippen molar-refractivity contribution in [2.75, 3.05) is 18.4 Å². The minimum atomic E-state index is -4.28. The molecule has 0 aliphatic carbocycles. The molecule has 1 N–H and O–H groups in total. The van der Waals surface area contributed by atoms with Crippen LogP contribution in [-0.2, 0) is 0 Å². The smallest absolute Gasteiger partial charge is 0.324 e. The van der Waals surface area contributed by atoms with Crippen LogP contribution in [0.1, 0.15) is 12.8 Å². The van der Waals surface area contributed by atoms with Gasteiger partial charge in [0.25, 0.3) is 0 Å². The summed E-state index contributed by atoms with van der Waals surface area (Å²) in [4.78, 5) is 21.3. The predicted octanol–water partition coefficient (Wildman–Crippen LogP) is 2.47. The molecule has 128 valence electrons. The molecule has 1 aliphatic rings. The Hall–Kier alpha value is -2.65. The summed E-state index contributed by atoms with van der Waals surface area (Å²) in [5.41, 5.74) is 0.401. The zero-order valence-electron chi connectivity index (χ0n) is 12.6. The number of nitrogens with zero attached hydrogens (tertiary/aromatic N) is 5. The molecule has 0 unspecified atom stereocenters. The molecule has 0 aromatic carbocycles. The van der Waals surface area contributed by atoms with Crippen molar-refractivity contribution in [1.82, 2.24) is 24.6 Å². The molecule has 0 bridgehead atoms. The van der Waals surface area contributed by atoms with Gasteiger partial charge in [0.1, 0.15) is 12.7 Å². The van der Waals surface area contributed by atoms with Gasteiger partial charge in [-0.25, -0.2) is 19.4 Å².